The number of nitrogens with one attached hydrogen (secondary N) is 1. The number of rotatable bonds is 6. The summed E-state index contributed by atoms with van der Waals surface area (Å²) in [5.74, 6) is 0.335. The van der Waals surface area contributed by atoms with Crippen molar-refractivity contribution in [2.24, 2.45) is 0 Å². The molecule has 1 amide bonds. The highest BCUT2D eigenvalue weighted by Gasteiger charge is 2.37. The Bertz CT molecular complexity index is 458. The second-order valence-electron chi connectivity index (χ2n) is 3.98. The molecular weight excluding hydrogens is 323 g/mol. The number of halogens is 3. The summed E-state index contributed by atoms with van der Waals surface area (Å²) in [6.45, 7) is 4.10. The number of hydrogen-bond donors (Lipinski definition) is 2. The van der Waals surface area contributed by atoms with Crippen LogP contribution in [0, 0.1) is 0 Å². The number of ether oxygens (including phenoxy) is 1. The molecule has 0 heterocycles. The molecule has 0 saturated carbocycles. The number of carbonyl (C=O) groups is 1. The molecule has 110 valence electrons. The van der Waals surface area contributed by atoms with Gasteiger partial charge in [-0.25, -0.2) is 0 Å². The van der Waals surface area contributed by atoms with Crippen LogP contribution in [0.2, 0.25) is 0 Å². The van der Waals surface area contributed by atoms with Gasteiger partial charge in [-0.15, -0.1) is 0 Å². The first-order valence-corrected chi connectivity index (χ1v) is 6.97. The average Bonchev–Trinajstić information content (AvgIpc) is 2.42. The Hall–Kier alpha value is -0.940. The summed E-state index contributed by atoms with van der Waals surface area (Å²) < 4.78 is 3.41. The van der Waals surface area contributed by atoms with Crippen molar-refractivity contribution in [2.45, 2.75) is 9.96 Å². The third-order valence-electron chi connectivity index (χ3n) is 2.53. The number of carbonyl (C=O) groups excluding carboxylic acids is 1. The van der Waals surface area contributed by atoms with Crippen molar-refractivity contribution in [3.63, 3.8) is 0 Å². The van der Waals surface area contributed by atoms with Crippen LogP contribution in [0.1, 0.15) is 10.4 Å². The molecule has 0 aromatic heterocycles. The predicted octanol–water partition coefficient (Wildman–Crippen LogP) is 1.87. The summed E-state index contributed by atoms with van der Waals surface area (Å²) in [6.07, 6.45) is 0.947. The first-order chi connectivity index (χ1) is 9.38. The monoisotopic (exact) mass is 337 g/mol. The quantitative estimate of drug-likeness (QED) is 0.473. The maximum Gasteiger partial charge on any atom is 0.262 e. The van der Waals surface area contributed by atoms with Crippen LogP contribution >= 0.6 is 34.8 Å². The third kappa shape index (κ3) is 5.21. The maximum absolute atomic E-state index is 12.1. The molecule has 1 atom stereocenters. The second kappa shape index (κ2) is 7.74. The number of alkyl halides is 3. The van der Waals surface area contributed by atoms with Crippen LogP contribution in [0.3, 0.4) is 0 Å². The number of methoxy groups -OCH3 is 1. The third-order valence-corrected chi connectivity index (χ3v) is 3.24. The van der Waals surface area contributed by atoms with E-state index >= 15 is 0 Å². The van der Waals surface area contributed by atoms with E-state index in [1.807, 2.05) is 0 Å². The van der Waals surface area contributed by atoms with Crippen molar-refractivity contribution < 1.29 is 14.8 Å². The lowest BCUT2D eigenvalue weighted by Gasteiger charge is -2.22. The van der Waals surface area contributed by atoms with Gasteiger partial charge in [0.2, 0.25) is 6.17 Å². The van der Waals surface area contributed by atoms with E-state index in [-0.39, 0.29) is 5.91 Å². The fraction of sp³-hybridized carbons (Fsp3) is 0.308. The topological polar surface area (TPSA) is 54.9 Å². The van der Waals surface area contributed by atoms with E-state index in [9.17, 15) is 4.79 Å². The fourth-order valence-corrected chi connectivity index (χ4v) is 1.90. The van der Waals surface area contributed by atoms with Gasteiger partial charge < -0.3 is 10.1 Å². The molecule has 1 aromatic rings. The Morgan fingerprint density at radius 2 is 2.05 bits per heavy atom. The summed E-state index contributed by atoms with van der Waals surface area (Å²) in [4.78, 5) is 12.1. The van der Waals surface area contributed by atoms with Gasteiger partial charge in [0.25, 0.3) is 9.70 Å². The Balaban J connectivity index is 2.76. The molecule has 0 radical (unpaired) electrons. The van der Waals surface area contributed by atoms with Crippen molar-refractivity contribution in [1.82, 2.24) is 5.32 Å². The van der Waals surface area contributed by atoms with Gasteiger partial charge >= 0.3 is 0 Å². The Kier molecular flexibility index (Phi) is 6.62. The molecule has 0 saturated heterocycles. The van der Waals surface area contributed by atoms with Gasteiger partial charge in [-0.05, 0) is 30.3 Å². The highest BCUT2D eigenvalue weighted by atomic mass is 35.6. The van der Waals surface area contributed by atoms with Gasteiger partial charge in [0.1, 0.15) is 5.75 Å². The van der Waals surface area contributed by atoms with E-state index in [0.29, 0.717) is 17.9 Å². The molecule has 1 aromatic carbocycles. The summed E-state index contributed by atoms with van der Waals surface area (Å²) in [5, 5.41) is 4.35. The zero-order chi connectivity index (χ0) is 15.2. The molecule has 0 aliphatic heterocycles. The van der Waals surface area contributed by atoms with Gasteiger partial charge in [0, 0.05) is 5.56 Å². The summed E-state index contributed by atoms with van der Waals surface area (Å²) >= 11 is 17.5. The minimum Gasteiger partial charge on any atom is -0.497 e. The van der Waals surface area contributed by atoms with Crippen molar-refractivity contribution in [3.8, 4) is 5.75 Å². The van der Waals surface area contributed by atoms with E-state index in [1.165, 1.54) is 0 Å². The van der Waals surface area contributed by atoms with Crippen LogP contribution < -0.4 is 15.4 Å². The number of amides is 1. The summed E-state index contributed by atoms with van der Waals surface area (Å²) in [5.41, 5.74) is 0.456. The molecule has 4 nitrogen and oxygen atoms in total. The van der Waals surface area contributed by atoms with Crippen LogP contribution in [0.5, 0.6) is 5.75 Å². The average molecular weight is 339 g/mol. The largest absolute Gasteiger partial charge is 0.497 e. The standard InChI is InChI=1S/C13H15Cl3N2O2/c1-3-8-17-12(13(14,15)16)18-11(19)9-4-6-10(20-2)7-5-9/h3-7,12,17H,1,8H2,2H3,(H,18,19)/p+1/t12-/m1/s1. The van der Waals surface area contributed by atoms with Gasteiger partial charge in [0.05, 0.1) is 13.7 Å². The minimum absolute atomic E-state index is 0.329. The smallest absolute Gasteiger partial charge is 0.262 e. The number of benzene rings is 1. The van der Waals surface area contributed by atoms with Crippen LogP contribution in [-0.2, 0) is 0 Å². The minimum atomic E-state index is -1.62. The fourth-order valence-electron chi connectivity index (χ4n) is 1.47. The number of nitrogens with two attached hydrogens (primary N) is 1. The maximum atomic E-state index is 12.1. The van der Waals surface area contributed by atoms with Gasteiger partial charge in [-0.1, -0.05) is 41.4 Å². The lowest BCUT2D eigenvalue weighted by molar-refractivity contribution is -0.683. The van der Waals surface area contributed by atoms with Crippen molar-refractivity contribution in [2.75, 3.05) is 13.7 Å². The summed E-state index contributed by atoms with van der Waals surface area (Å²) in [7, 11) is 1.55. The van der Waals surface area contributed by atoms with Gasteiger partial charge in [-0.2, -0.15) is 0 Å². The highest BCUT2D eigenvalue weighted by Crippen LogP contribution is 2.27. The van der Waals surface area contributed by atoms with Crippen molar-refractivity contribution >= 4 is 40.7 Å². The Labute approximate surface area is 133 Å². The molecule has 0 aliphatic rings. The zero-order valence-corrected chi connectivity index (χ0v) is 13.2. The number of hydrogen-bond acceptors (Lipinski definition) is 2. The molecule has 3 N–H and O–H groups in total. The first-order valence-electron chi connectivity index (χ1n) is 5.84. The highest BCUT2D eigenvalue weighted by molar-refractivity contribution is 6.68. The van der Waals surface area contributed by atoms with Crippen LogP contribution in [0.25, 0.3) is 0 Å². The lowest BCUT2D eigenvalue weighted by Crippen LogP contribution is -2.96. The van der Waals surface area contributed by atoms with E-state index in [2.05, 4.69) is 11.9 Å². The lowest BCUT2D eigenvalue weighted by atomic mass is 10.2. The molecule has 0 spiro atoms. The van der Waals surface area contributed by atoms with Crippen molar-refractivity contribution in [1.29, 1.82) is 0 Å². The molecule has 7 heteroatoms. The molecule has 0 fully saturated rings. The van der Waals surface area contributed by atoms with Crippen LogP contribution in [-0.4, -0.2) is 29.5 Å². The molecule has 0 unspecified atom stereocenters. The molecular formula is C13H16Cl3N2O2+. The molecule has 20 heavy (non-hydrogen) atoms. The molecule has 0 bridgehead atoms. The van der Waals surface area contributed by atoms with Gasteiger partial charge in [-0.3, -0.25) is 10.1 Å². The van der Waals surface area contributed by atoms with E-state index < -0.39 is 9.96 Å². The first kappa shape index (κ1) is 17.1. The SMILES string of the molecule is C=CC[NH2+][C@H](NC(=O)c1ccc(OC)cc1)C(Cl)(Cl)Cl. The Morgan fingerprint density at radius 1 is 1.45 bits per heavy atom. The molecule has 1 rings (SSSR count). The van der Waals surface area contributed by atoms with Crippen LogP contribution in [0.15, 0.2) is 36.9 Å². The molecule has 0 aliphatic carbocycles. The number of quaternary nitrogens is 1. The van der Waals surface area contributed by atoms with Crippen LogP contribution in [0.4, 0.5) is 0 Å². The van der Waals surface area contributed by atoms with Gasteiger partial charge in [0.15, 0.2) is 0 Å². The second-order valence-corrected chi connectivity index (χ2v) is 6.35. The zero-order valence-electron chi connectivity index (χ0n) is 10.9. The Morgan fingerprint density at radius 3 is 2.50 bits per heavy atom. The van der Waals surface area contributed by atoms with E-state index in [1.54, 1.807) is 42.8 Å². The van der Waals surface area contributed by atoms with E-state index in [4.69, 9.17) is 39.5 Å². The van der Waals surface area contributed by atoms with Crippen molar-refractivity contribution in [3.05, 3.63) is 42.5 Å². The normalized spacial score (nSPS) is 12.6. The summed E-state index contributed by atoms with van der Waals surface area (Å²) in [6, 6.07) is 6.65. The predicted molar refractivity (Wildman–Crippen MR) is 81.5 cm³/mol. The van der Waals surface area contributed by atoms with E-state index in [0.717, 1.165) is 0 Å².